The van der Waals surface area contributed by atoms with Crippen LogP contribution in [-0.4, -0.2) is 27.1 Å². The smallest absolute Gasteiger partial charge is 0.226 e. The summed E-state index contributed by atoms with van der Waals surface area (Å²) in [5.74, 6) is -0.0918. The number of carbonyl (C=O) groups excluding carboxylic acids is 2. The van der Waals surface area contributed by atoms with Crippen molar-refractivity contribution in [1.29, 1.82) is 0 Å². The normalized spacial score (nSPS) is 12.2. The quantitative estimate of drug-likeness (QED) is 0.646. The van der Waals surface area contributed by atoms with Gasteiger partial charge in [0.1, 0.15) is 5.51 Å². The molecular formula is C15H17N3O2S2. The molecule has 0 saturated heterocycles. The van der Waals surface area contributed by atoms with Crippen molar-refractivity contribution in [3.63, 3.8) is 0 Å². The monoisotopic (exact) mass is 335 g/mol. The molecule has 22 heavy (non-hydrogen) atoms. The number of benzene rings is 1. The van der Waals surface area contributed by atoms with E-state index >= 15 is 0 Å². The molecule has 116 valence electrons. The summed E-state index contributed by atoms with van der Waals surface area (Å²) in [4.78, 5) is 24.0. The molecule has 0 fully saturated rings. The number of carbonyl (C=O) groups is 2. The Hall–Kier alpha value is -1.73. The fourth-order valence-corrected chi connectivity index (χ4v) is 3.36. The second kappa shape index (κ2) is 7.51. The second-order valence-corrected chi connectivity index (χ2v) is 7.47. The van der Waals surface area contributed by atoms with E-state index in [4.69, 9.17) is 0 Å². The van der Waals surface area contributed by atoms with Crippen molar-refractivity contribution in [1.82, 2.24) is 10.2 Å². The summed E-state index contributed by atoms with van der Waals surface area (Å²) in [6, 6.07) is 6.95. The van der Waals surface area contributed by atoms with E-state index in [1.54, 1.807) is 29.8 Å². The lowest BCUT2D eigenvalue weighted by atomic mass is 10.1. The fraction of sp³-hybridized carbons (Fsp3) is 0.333. The number of ketones is 1. The molecule has 1 N–H and O–H groups in total. The van der Waals surface area contributed by atoms with Gasteiger partial charge in [-0.2, -0.15) is 0 Å². The lowest BCUT2D eigenvalue weighted by Gasteiger charge is -2.10. The van der Waals surface area contributed by atoms with Crippen molar-refractivity contribution in [3.05, 3.63) is 35.3 Å². The highest BCUT2D eigenvalue weighted by atomic mass is 32.2. The Balaban J connectivity index is 2.00. The van der Waals surface area contributed by atoms with Gasteiger partial charge in [0.15, 0.2) is 10.1 Å². The summed E-state index contributed by atoms with van der Waals surface area (Å²) in [7, 11) is 0. The Bertz CT molecular complexity index is 639. The van der Waals surface area contributed by atoms with Crippen molar-refractivity contribution >= 4 is 40.5 Å². The number of Topliss-reactive ketones (excluding diaryl/α,β-unsaturated/α-hetero) is 1. The van der Waals surface area contributed by atoms with Gasteiger partial charge in [0.05, 0.1) is 5.25 Å². The second-order valence-electron chi connectivity index (χ2n) is 5.05. The molecule has 0 aliphatic carbocycles. The van der Waals surface area contributed by atoms with Gasteiger partial charge in [-0.3, -0.25) is 9.59 Å². The molecular weight excluding hydrogens is 318 g/mol. The van der Waals surface area contributed by atoms with E-state index in [0.29, 0.717) is 11.3 Å². The Morgan fingerprint density at radius 2 is 1.86 bits per heavy atom. The van der Waals surface area contributed by atoms with E-state index in [-0.39, 0.29) is 22.9 Å². The summed E-state index contributed by atoms with van der Waals surface area (Å²) in [6.45, 7) is 5.52. The summed E-state index contributed by atoms with van der Waals surface area (Å²) < 4.78 is 0.779. The minimum atomic E-state index is -0.232. The summed E-state index contributed by atoms with van der Waals surface area (Å²) in [5, 5.41) is 10.3. The Kier molecular flexibility index (Phi) is 5.68. The van der Waals surface area contributed by atoms with E-state index in [1.165, 1.54) is 23.1 Å². The van der Waals surface area contributed by atoms with Gasteiger partial charge in [-0.15, -0.1) is 10.2 Å². The Labute approximate surface area is 137 Å². The van der Waals surface area contributed by atoms with Crippen LogP contribution in [0.2, 0.25) is 0 Å². The van der Waals surface area contributed by atoms with Crippen LogP contribution in [0.3, 0.4) is 0 Å². The van der Waals surface area contributed by atoms with E-state index in [0.717, 1.165) is 4.34 Å². The van der Waals surface area contributed by atoms with Crippen molar-refractivity contribution in [3.8, 4) is 0 Å². The van der Waals surface area contributed by atoms with Gasteiger partial charge in [0, 0.05) is 17.2 Å². The minimum Gasteiger partial charge on any atom is -0.326 e. The molecule has 0 spiro atoms. The zero-order valence-electron chi connectivity index (χ0n) is 12.6. The molecule has 2 aromatic rings. The predicted molar refractivity (Wildman–Crippen MR) is 89.5 cm³/mol. The lowest BCUT2D eigenvalue weighted by molar-refractivity contribution is -0.118. The van der Waals surface area contributed by atoms with Crippen LogP contribution in [-0.2, 0) is 4.79 Å². The van der Waals surface area contributed by atoms with Crippen molar-refractivity contribution in [2.24, 2.45) is 5.92 Å². The van der Waals surface area contributed by atoms with Crippen molar-refractivity contribution in [2.75, 3.05) is 5.32 Å². The van der Waals surface area contributed by atoms with E-state index < -0.39 is 0 Å². The van der Waals surface area contributed by atoms with Crippen LogP contribution in [0.1, 0.15) is 31.1 Å². The molecule has 1 aromatic carbocycles. The third-order valence-corrected chi connectivity index (χ3v) is 4.86. The maximum Gasteiger partial charge on any atom is 0.226 e. The van der Waals surface area contributed by atoms with Crippen LogP contribution >= 0.6 is 23.1 Å². The van der Waals surface area contributed by atoms with Gasteiger partial charge in [-0.1, -0.05) is 36.9 Å². The number of hydrogen-bond acceptors (Lipinski definition) is 6. The standard InChI is InChI=1S/C15H17N3O2S2/c1-9(2)14(20)17-12-6-4-11(5-7-12)13(19)10(3)22-15-18-16-8-21-15/h4-10H,1-3H3,(H,17,20)/t10-/m0/s1. The molecule has 1 heterocycles. The van der Waals surface area contributed by atoms with Crippen LogP contribution in [0, 0.1) is 5.92 Å². The number of aromatic nitrogens is 2. The molecule has 0 bridgehead atoms. The topological polar surface area (TPSA) is 72.0 Å². The van der Waals surface area contributed by atoms with E-state index in [1.807, 2.05) is 20.8 Å². The molecule has 0 aliphatic heterocycles. The third-order valence-electron chi connectivity index (χ3n) is 2.95. The largest absolute Gasteiger partial charge is 0.326 e. The molecule has 7 heteroatoms. The lowest BCUT2D eigenvalue weighted by Crippen LogP contribution is -2.18. The van der Waals surface area contributed by atoms with Gasteiger partial charge >= 0.3 is 0 Å². The SMILES string of the molecule is CC(C)C(=O)Nc1ccc(C(=O)[C@H](C)Sc2nncs2)cc1. The van der Waals surface area contributed by atoms with Gasteiger partial charge in [0.25, 0.3) is 0 Å². The molecule has 2 rings (SSSR count). The molecule has 0 saturated carbocycles. The number of rotatable bonds is 6. The molecule has 1 amide bonds. The zero-order valence-corrected chi connectivity index (χ0v) is 14.2. The van der Waals surface area contributed by atoms with E-state index in [9.17, 15) is 9.59 Å². The average Bonchev–Trinajstić information content (AvgIpc) is 3.00. The number of thioether (sulfide) groups is 1. The van der Waals surface area contributed by atoms with Crippen LogP contribution in [0.25, 0.3) is 0 Å². The van der Waals surface area contributed by atoms with Crippen molar-refractivity contribution < 1.29 is 9.59 Å². The van der Waals surface area contributed by atoms with Crippen LogP contribution < -0.4 is 5.32 Å². The Morgan fingerprint density at radius 1 is 1.18 bits per heavy atom. The van der Waals surface area contributed by atoms with Crippen LogP contribution in [0.5, 0.6) is 0 Å². The van der Waals surface area contributed by atoms with Gasteiger partial charge in [-0.25, -0.2) is 0 Å². The first-order valence-corrected chi connectivity index (χ1v) is 8.61. The van der Waals surface area contributed by atoms with Gasteiger partial charge in [-0.05, 0) is 31.2 Å². The van der Waals surface area contributed by atoms with Crippen molar-refractivity contribution in [2.45, 2.75) is 30.4 Å². The molecule has 0 aliphatic rings. The van der Waals surface area contributed by atoms with Crippen LogP contribution in [0.15, 0.2) is 34.1 Å². The van der Waals surface area contributed by atoms with Gasteiger partial charge in [0.2, 0.25) is 5.91 Å². The van der Waals surface area contributed by atoms with E-state index in [2.05, 4.69) is 15.5 Å². The first kappa shape index (κ1) is 16.6. The number of nitrogens with zero attached hydrogens (tertiary/aromatic N) is 2. The molecule has 5 nitrogen and oxygen atoms in total. The zero-order chi connectivity index (χ0) is 16.1. The summed E-state index contributed by atoms with van der Waals surface area (Å²) in [6.07, 6.45) is 0. The highest BCUT2D eigenvalue weighted by Gasteiger charge is 2.18. The average molecular weight is 335 g/mol. The highest BCUT2D eigenvalue weighted by Crippen LogP contribution is 2.26. The molecule has 1 atom stereocenters. The Morgan fingerprint density at radius 3 is 2.41 bits per heavy atom. The first-order valence-electron chi connectivity index (χ1n) is 6.85. The number of hydrogen-bond donors (Lipinski definition) is 1. The maximum absolute atomic E-state index is 12.4. The molecule has 1 aromatic heterocycles. The number of anilines is 1. The maximum atomic E-state index is 12.4. The summed E-state index contributed by atoms with van der Waals surface area (Å²) >= 11 is 2.81. The number of nitrogens with one attached hydrogen (secondary N) is 1. The molecule has 0 unspecified atom stereocenters. The summed E-state index contributed by atoms with van der Waals surface area (Å²) in [5.41, 5.74) is 2.96. The molecule has 0 radical (unpaired) electrons. The number of amides is 1. The van der Waals surface area contributed by atoms with Crippen LogP contribution in [0.4, 0.5) is 5.69 Å². The fourth-order valence-electron chi connectivity index (χ4n) is 1.66. The minimum absolute atomic E-state index is 0.0296. The highest BCUT2D eigenvalue weighted by molar-refractivity contribution is 8.02. The predicted octanol–water partition coefficient (Wildman–Crippen LogP) is 3.50. The van der Waals surface area contributed by atoms with Gasteiger partial charge < -0.3 is 5.32 Å². The first-order chi connectivity index (χ1) is 10.5. The third kappa shape index (κ3) is 4.38.